The van der Waals surface area contributed by atoms with Gasteiger partial charge in [0.1, 0.15) is 5.82 Å². The first kappa shape index (κ1) is 17.8. The van der Waals surface area contributed by atoms with Crippen molar-refractivity contribution in [1.29, 1.82) is 0 Å². The van der Waals surface area contributed by atoms with Gasteiger partial charge in [-0.2, -0.15) is 0 Å². The highest BCUT2D eigenvalue weighted by Gasteiger charge is 2.28. The zero-order valence-electron chi connectivity index (χ0n) is 13.6. The second kappa shape index (κ2) is 7.06. The maximum absolute atomic E-state index is 14.2. The molecule has 1 unspecified atom stereocenters. The van der Waals surface area contributed by atoms with E-state index in [1.165, 1.54) is 24.5 Å². The number of nitrogens with zero attached hydrogens (tertiary/aromatic N) is 1. The number of anilines is 1. The number of carbonyl (C=O) groups excluding carboxylic acids is 1. The number of pyridine rings is 1. The molecule has 1 aliphatic rings. The van der Waals surface area contributed by atoms with Crippen LogP contribution >= 0.6 is 23.4 Å². The standard InChI is InChI=1S/C18H17ClFN3OS/c1-18(5-7-25-16(21)9-18)11-2-3-14(20)15(8-11)23-17(24)12-10-22-6-4-13(12)19/h2-4,6,8-10H,5,7,21H2,1H3,(H,23,24). The van der Waals surface area contributed by atoms with Crippen molar-refractivity contribution in [2.24, 2.45) is 5.73 Å². The Hall–Kier alpha value is -2.05. The Morgan fingerprint density at radius 2 is 2.24 bits per heavy atom. The first-order valence-corrected chi connectivity index (χ1v) is 9.07. The molecule has 1 aromatic heterocycles. The molecule has 0 radical (unpaired) electrons. The van der Waals surface area contributed by atoms with E-state index in [4.69, 9.17) is 17.3 Å². The summed E-state index contributed by atoms with van der Waals surface area (Å²) in [7, 11) is 0. The average Bonchev–Trinajstić information content (AvgIpc) is 2.57. The number of halogens is 2. The molecule has 7 heteroatoms. The number of rotatable bonds is 3. The average molecular weight is 378 g/mol. The fourth-order valence-electron chi connectivity index (χ4n) is 2.75. The van der Waals surface area contributed by atoms with Gasteiger partial charge in [0.25, 0.3) is 5.91 Å². The normalized spacial score (nSPS) is 20.0. The Labute approximate surface area is 154 Å². The van der Waals surface area contributed by atoms with E-state index in [2.05, 4.69) is 17.2 Å². The van der Waals surface area contributed by atoms with Crippen LogP contribution in [0.2, 0.25) is 5.02 Å². The number of benzene rings is 1. The van der Waals surface area contributed by atoms with E-state index in [1.807, 2.05) is 6.08 Å². The summed E-state index contributed by atoms with van der Waals surface area (Å²) >= 11 is 7.60. The predicted octanol–water partition coefficient (Wildman–Crippen LogP) is 4.32. The number of aromatic nitrogens is 1. The lowest BCUT2D eigenvalue weighted by atomic mass is 9.79. The maximum Gasteiger partial charge on any atom is 0.258 e. The highest BCUT2D eigenvalue weighted by molar-refractivity contribution is 8.03. The van der Waals surface area contributed by atoms with Gasteiger partial charge in [0.05, 0.1) is 21.3 Å². The Morgan fingerprint density at radius 3 is 2.96 bits per heavy atom. The van der Waals surface area contributed by atoms with E-state index in [0.29, 0.717) is 0 Å². The second-order valence-corrected chi connectivity index (χ2v) is 7.64. The molecular weight excluding hydrogens is 361 g/mol. The van der Waals surface area contributed by atoms with E-state index in [0.717, 1.165) is 22.8 Å². The number of carbonyl (C=O) groups is 1. The number of hydrogen-bond acceptors (Lipinski definition) is 4. The minimum Gasteiger partial charge on any atom is -0.394 e. The van der Waals surface area contributed by atoms with Crippen LogP contribution in [-0.2, 0) is 5.41 Å². The van der Waals surface area contributed by atoms with Crippen molar-refractivity contribution in [3.05, 3.63) is 69.7 Å². The summed E-state index contributed by atoms with van der Waals surface area (Å²) in [4.78, 5) is 16.2. The lowest BCUT2D eigenvalue weighted by molar-refractivity contribution is 0.102. The highest BCUT2D eigenvalue weighted by Crippen LogP contribution is 2.38. The molecule has 25 heavy (non-hydrogen) atoms. The van der Waals surface area contributed by atoms with Crippen LogP contribution in [0, 0.1) is 5.82 Å². The van der Waals surface area contributed by atoms with Crippen molar-refractivity contribution in [3.8, 4) is 0 Å². The van der Waals surface area contributed by atoms with Gasteiger partial charge in [-0.1, -0.05) is 24.6 Å². The van der Waals surface area contributed by atoms with Crippen LogP contribution in [-0.4, -0.2) is 16.6 Å². The summed E-state index contributed by atoms with van der Waals surface area (Å²) in [5.74, 6) is -0.125. The van der Waals surface area contributed by atoms with Gasteiger partial charge in [-0.3, -0.25) is 9.78 Å². The minimum atomic E-state index is -0.511. The van der Waals surface area contributed by atoms with E-state index in [9.17, 15) is 9.18 Å². The minimum absolute atomic E-state index is 0.105. The predicted molar refractivity (Wildman–Crippen MR) is 100 cm³/mol. The Bertz CT molecular complexity index is 858. The molecule has 4 nitrogen and oxygen atoms in total. The summed E-state index contributed by atoms with van der Waals surface area (Å²) in [6, 6.07) is 6.24. The van der Waals surface area contributed by atoms with Crippen molar-refractivity contribution in [1.82, 2.24) is 4.98 Å². The fourth-order valence-corrected chi connectivity index (χ4v) is 4.04. The van der Waals surface area contributed by atoms with Crippen molar-refractivity contribution >= 4 is 35.0 Å². The monoisotopic (exact) mass is 377 g/mol. The third-order valence-corrected chi connectivity index (χ3v) is 5.43. The smallest absolute Gasteiger partial charge is 0.258 e. The molecule has 3 rings (SSSR count). The molecule has 1 atom stereocenters. The molecule has 1 amide bonds. The first-order chi connectivity index (χ1) is 11.9. The molecule has 0 aliphatic carbocycles. The summed E-state index contributed by atoms with van der Waals surface area (Å²) < 4.78 is 14.2. The number of nitrogens with one attached hydrogen (secondary N) is 1. The van der Waals surface area contributed by atoms with Crippen molar-refractivity contribution in [2.75, 3.05) is 11.1 Å². The van der Waals surface area contributed by atoms with Gasteiger partial charge in [-0.05, 0) is 36.3 Å². The molecular formula is C18H17ClFN3OS. The SMILES string of the molecule is CC1(c2ccc(F)c(NC(=O)c3cnccc3Cl)c2)C=C(N)SCC1. The van der Waals surface area contributed by atoms with Gasteiger partial charge < -0.3 is 11.1 Å². The Balaban J connectivity index is 1.91. The van der Waals surface area contributed by atoms with Crippen molar-refractivity contribution < 1.29 is 9.18 Å². The maximum atomic E-state index is 14.2. The van der Waals surface area contributed by atoms with Gasteiger partial charge >= 0.3 is 0 Å². The topological polar surface area (TPSA) is 68.0 Å². The van der Waals surface area contributed by atoms with Crippen LogP contribution < -0.4 is 11.1 Å². The third-order valence-electron chi connectivity index (χ3n) is 4.24. The van der Waals surface area contributed by atoms with Gasteiger partial charge in [0.2, 0.25) is 0 Å². The molecule has 1 aliphatic heterocycles. The van der Waals surface area contributed by atoms with Gasteiger partial charge in [0, 0.05) is 23.6 Å². The summed E-state index contributed by atoms with van der Waals surface area (Å²) in [5, 5.41) is 3.60. The number of nitrogens with two attached hydrogens (primary N) is 1. The van der Waals surface area contributed by atoms with Crippen LogP contribution in [0.5, 0.6) is 0 Å². The van der Waals surface area contributed by atoms with Gasteiger partial charge in [0.15, 0.2) is 0 Å². The molecule has 0 spiro atoms. The Kier molecular flexibility index (Phi) is 5.01. The van der Waals surface area contributed by atoms with Crippen LogP contribution in [0.15, 0.2) is 47.8 Å². The summed E-state index contributed by atoms with van der Waals surface area (Å²) in [6.45, 7) is 2.05. The van der Waals surface area contributed by atoms with E-state index >= 15 is 0 Å². The van der Waals surface area contributed by atoms with Crippen LogP contribution in [0.4, 0.5) is 10.1 Å². The third kappa shape index (κ3) is 3.80. The first-order valence-electron chi connectivity index (χ1n) is 7.71. The number of thioether (sulfide) groups is 1. The van der Waals surface area contributed by atoms with E-state index < -0.39 is 11.7 Å². The molecule has 0 saturated heterocycles. The molecule has 0 fully saturated rings. The molecule has 2 aromatic rings. The summed E-state index contributed by atoms with van der Waals surface area (Å²) in [5.41, 5.74) is 6.84. The van der Waals surface area contributed by atoms with Crippen molar-refractivity contribution in [3.63, 3.8) is 0 Å². The van der Waals surface area contributed by atoms with Crippen LogP contribution in [0.25, 0.3) is 0 Å². The lowest BCUT2D eigenvalue weighted by Crippen LogP contribution is -2.25. The quantitative estimate of drug-likeness (QED) is 0.835. The molecule has 1 aromatic carbocycles. The molecule has 0 saturated carbocycles. The highest BCUT2D eigenvalue weighted by atomic mass is 35.5. The lowest BCUT2D eigenvalue weighted by Gasteiger charge is -2.31. The van der Waals surface area contributed by atoms with Gasteiger partial charge in [-0.25, -0.2) is 4.39 Å². The number of allylic oxidation sites excluding steroid dienone is 1. The van der Waals surface area contributed by atoms with Crippen LogP contribution in [0.1, 0.15) is 29.3 Å². The number of hydrogen-bond donors (Lipinski definition) is 2. The van der Waals surface area contributed by atoms with Crippen molar-refractivity contribution in [2.45, 2.75) is 18.8 Å². The number of amides is 1. The molecule has 3 N–H and O–H groups in total. The molecule has 2 heterocycles. The molecule has 130 valence electrons. The zero-order chi connectivity index (χ0) is 18.0. The van der Waals surface area contributed by atoms with E-state index in [1.54, 1.807) is 23.9 Å². The van der Waals surface area contributed by atoms with E-state index in [-0.39, 0.29) is 21.7 Å². The largest absolute Gasteiger partial charge is 0.394 e. The van der Waals surface area contributed by atoms with Crippen LogP contribution in [0.3, 0.4) is 0 Å². The Morgan fingerprint density at radius 1 is 1.44 bits per heavy atom. The van der Waals surface area contributed by atoms with Gasteiger partial charge in [-0.15, -0.1) is 11.8 Å². The zero-order valence-corrected chi connectivity index (χ0v) is 15.1. The molecule has 0 bridgehead atoms. The summed E-state index contributed by atoms with van der Waals surface area (Å²) in [6.07, 6.45) is 5.70. The fraction of sp³-hybridized carbons (Fsp3) is 0.222. The second-order valence-electron chi connectivity index (χ2n) is 6.07.